The van der Waals surface area contributed by atoms with Crippen LogP contribution in [0, 0.1) is 6.92 Å². The molecule has 1 aliphatic rings. The molecular weight excluding hydrogens is 234 g/mol. The lowest BCUT2D eigenvalue weighted by molar-refractivity contribution is 0.137. The summed E-state index contributed by atoms with van der Waals surface area (Å²) in [6.07, 6.45) is 5.94. The summed E-state index contributed by atoms with van der Waals surface area (Å²) < 4.78 is 2.04. The molecule has 1 saturated carbocycles. The van der Waals surface area contributed by atoms with E-state index in [1.807, 2.05) is 17.6 Å². The number of aromatic nitrogens is 3. The lowest BCUT2D eigenvalue weighted by Crippen LogP contribution is -2.27. The molecule has 0 aliphatic heterocycles. The molecule has 1 fully saturated rings. The first-order valence-electron chi connectivity index (χ1n) is 6.08. The number of aliphatic hydroxyl groups is 1. The monoisotopic (exact) mass is 253 g/mol. The van der Waals surface area contributed by atoms with E-state index >= 15 is 0 Å². The van der Waals surface area contributed by atoms with Crippen LogP contribution in [0.3, 0.4) is 0 Å². The summed E-state index contributed by atoms with van der Waals surface area (Å²) in [6, 6.07) is 0. The summed E-state index contributed by atoms with van der Waals surface area (Å²) in [4.78, 5) is 0. The standard InChI is InChI=1S/C12H19N3OS/c1-3-8-15-9(2)13-14-12(15)17-11-7-5-4-6-10(11)16/h3,10-11,16H,1,4-8H2,2H3. The van der Waals surface area contributed by atoms with Gasteiger partial charge in [-0.25, -0.2) is 0 Å². The van der Waals surface area contributed by atoms with Crippen LogP contribution in [0.15, 0.2) is 17.8 Å². The van der Waals surface area contributed by atoms with Crippen molar-refractivity contribution in [2.45, 2.75) is 55.7 Å². The maximum atomic E-state index is 9.96. The van der Waals surface area contributed by atoms with E-state index in [4.69, 9.17) is 0 Å². The zero-order chi connectivity index (χ0) is 12.3. The number of aliphatic hydroxyl groups excluding tert-OH is 1. The second kappa shape index (κ2) is 5.69. The number of hydrogen-bond donors (Lipinski definition) is 1. The highest BCUT2D eigenvalue weighted by Gasteiger charge is 2.26. The lowest BCUT2D eigenvalue weighted by Gasteiger charge is -2.26. The molecular formula is C12H19N3OS. The maximum absolute atomic E-state index is 9.96. The summed E-state index contributed by atoms with van der Waals surface area (Å²) in [6.45, 7) is 6.41. The van der Waals surface area contributed by atoms with E-state index < -0.39 is 0 Å². The van der Waals surface area contributed by atoms with Gasteiger partial charge in [0.25, 0.3) is 0 Å². The molecule has 17 heavy (non-hydrogen) atoms. The van der Waals surface area contributed by atoms with Gasteiger partial charge < -0.3 is 9.67 Å². The fourth-order valence-corrected chi connectivity index (χ4v) is 3.41. The number of nitrogens with zero attached hydrogens (tertiary/aromatic N) is 3. The highest BCUT2D eigenvalue weighted by molar-refractivity contribution is 7.99. The summed E-state index contributed by atoms with van der Waals surface area (Å²) in [5.74, 6) is 0.901. The second-order valence-corrected chi connectivity index (χ2v) is 5.64. The van der Waals surface area contributed by atoms with Crippen molar-refractivity contribution in [2.24, 2.45) is 0 Å². The van der Waals surface area contributed by atoms with E-state index in [1.54, 1.807) is 11.8 Å². The number of allylic oxidation sites excluding steroid dienone is 1. The summed E-state index contributed by atoms with van der Waals surface area (Å²) >= 11 is 1.65. The Balaban J connectivity index is 2.09. The zero-order valence-corrected chi connectivity index (χ0v) is 11.0. The topological polar surface area (TPSA) is 50.9 Å². The van der Waals surface area contributed by atoms with Crippen LogP contribution in [0.4, 0.5) is 0 Å². The molecule has 2 rings (SSSR count). The molecule has 0 radical (unpaired) electrons. The molecule has 0 saturated heterocycles. The van der Waals surface area contributed by atoms with Crippen LogP contribution < -0.4 is 0 Å². The average molecular weight is 253 g/mol. The number of aryl methyl sites for hydroxylation is 1. The Kier molecular flexibility index (Phi) is 4.23. The first-order valence-corrected chi connectivity index (χ1v) is 6.95. The van der Waals surface area contributed by atoms with Crippen molar-refractivity contribution in [3.8, 4) is 0 Å². The summed E-state index contributed by atoms with van der Waals surface area (Å²) in [7, 11) is 0. The fourth-order valence-electron chi connectivity index (χ4n) is 2.14. The van der Waals surface area contributed by atoms with Crippen LogP contribution in [0.25, 0.3) is 0 Å². The Morgan fingerprint density at radius 1 is 1.47 bits per heavy atom. The van der Waals surface area contributed by atoms with Crippen LogP contribution in [-0.2, 0) is 6.54 Å². The van der Waals surface area contributed by atoms with Gasteiger partial charge in [0.15, 0.2) is 5.16 Å². The van der Waals surface area contributed by atoms with E-state index in [0.717, 1.165) is 36.8 Å². The Morgan fingerprint density at radius 3 is 2.94 bits per heavy atom. The van der Waals surface area contributed by atoms with Gasteiger partial charge in [0, 0.05) is 11.8 Å². The second-order valence-electron chi connectivity index (χ2n) is 4.44. The van der Waals surface area contributed by atoms with Gasteiger partial charge >= 0.3 is 0 Å². The van der Waals surface area contributed by atoms with E-state index in [-0.39, 0.29) is 11.4 Å². The molecule has 0 spiro atoms. The molecule has 1 heterocycles. The van der Waals surface area contributed by atoms with Crippen molar-refractivity contribution >= 4 is 11.8 Å². The van der Waals surface area contributed by atoms with Gasteiger partial charge in [-0.3, -0.25) is 0 Å². The molecule has 4 nitrogen and oxygen atoms in total. The van der Waals surface area contributed by atoms with E-state index in [2.05, 4.69) is 16.8 Å². The largest absolute Gasteiger partial charge is 0.392 e. The van der Waals surface area contributed by atoms with Crippen LogP contribution in [-0.4, -0.2) is 31.2 Å². The van der Waals surface area contributed by atoms with Gasteiger partial charge in [-0.15, -0.1) is 16.8 Å². The Bertz CT molecular complexity index is 391. The highest BCUT2D eigenvalue weighted by atomic mass is 32.2. The van der Waals surface area contributed by atoms with Gasteiger partial charge in [0.05, 0.1) is 6.10 Å². The molecule has 1 aromatic rings. The van der Waals surface area contributed by atoms with E-state index in [9.17, 15) is 5.11 Å². The Morgan fingerprint density at radius 2 is 2.24 bits per heavy atom. The van der Waals surface area contributed by atoms with Gasteiger partial charge in [0.1, 0.15) is 5.82 Å². The molecule has 2 atom stereocenters. The molecule has 5 heteroatoms. The minimum absolute atomic E-state index is 0.206. The third-order valence-corrected chi connectivity index (χ3v) is 4.50. The molecule has 94 valence electrons. The predicted molar refractivity (Wildman–Crippen MR) is 69.1 cm³/mol. The summed E-state index contributed by atoms with van der Waals surface area (Å²) in [5, 5.41) is 19.4. The molecule has 2 unspecified atom stereocenters. The van der Waals surface area contributed by atoms with E-state index in [0.29, 0.717) is 0 Å². The van der Waals surface area contributed by atoms with Crippen molar-refractivity contribution in [1.82, 2.24) is 14.8 Å². The number of thioether (sulfide) groups is 1. The van der Waals surface area contributed by atoms with Gasteiger partial charge in [-0.1, -0.05) is 30.7 Å². The normalized spacial score (nSPS) is 24.8. The van der Waals surface area contributed by atoms with Crippen molar-refractivity contribution in [2.75, 3.05) is 0 Å². The SMILES string of the molecule is C=CCn1c(C)nnc1SC1CCCCC1O. The molecule has 0 amide bonds. The smallest absolute Gasteiger partial charge is 0.191 e. The molecule has 0 aromatic carbocycles. The van der Waals surface area contributed by atoms with E-state index in [1.165, 1.54) is 6.42 Å². The predicted octanol–water partition coefficient (Wildman–Crippen LogP) is 2.17. The number of hydrogen-bond acceptors (Lipinski definition) is 4. The first kappa shape index (κ1) is 12.6. The fraction of sp³-hybridized carbons (Fsp3) is 0.667. The zero-order valence-electron chi connectivity index (χ0n) is 10.2. The van der Waals surface area contributed by atoms with Gasteiger partial charge in [-0.2, -0.15) is 0 Å². The van der Waals surface area contributed by atoms with Crippen molar-refractivity contribution in [3.05, 3.63) is 18.5 Å². The molecule has 1 N–H and O–H groups in total. The third kappa shape index (κ3) is 2.90. The maximum Gasteiger partial charge on any atom is 0.191 e. The third-order valence-electron chi connectivity index (χ3n) is 3.14. The van der Waals surface area contributed by atoms with Gasteiger partial charge in [-0.05, 0) is 19.8 Å². The van der Waals surface area contributed by atoms with Crippen molar-refractivity contribution in [1.29, 1.82) is 0 Å². The molecule has 1 aromatic heterocycles. The van der Waals surface area contributed by atoms with Crippen LogP contribution in [0.1, 0.15) is 31.5 Å². The van der Waals surface area contributed by atoms with Crippen LogP contribution in [0.5, 0.6) is 0 Å². The van der Waals surface area contributed by atoms with Gasteiger partial charge in [0.2, 0.25) is 0 Å². The van der Waals surface area contributed by atoms with Crippen LogP contribution >= 0.6 is 11.8 Å². The minimum Gasteiger partial charge on any atom is -0.392 e. The minimum atomic E-state index is -0.206. The highest BCUT2D eigenvalue weighted by Crippen LogP contribution is 2.33. The van der Waals surface area contributed by atoms with Crippen molar-refractivity contribution in [3.63, 3.8) is 0 Å². The summed E-state index contributed by atoms with van der Waals surface area (Å²) in [5.41, 5.74) is 0. The quantitative estimate of drug-likeness (QED) is 0.836. The lowest BCUT2D eigenvalue weighted by atomic mass is 9.97. The molecule has 0 bridgehead atoms. The Labute approximate surface area is 106 Å². The molecule has 1 aliphatic carbocycles. The average Bonchev–Trinajstić information content (AvgIpc) is 2.65. The van der Waals surface area contributed by atoms with Crippen LogP contribution in [0.2, 0.25) is 0 Å². The van der Waals surface area contributed by atoms with Crippen molar-refractivity contribution < 1.29 is 5.11 Å². The number of rotatable bonds is 4. The Hall–Kier alpha value is -0.810. The first-order chi connectivity index (χ1) is 8.22.